The largest absolute Gasteiger partial charge is 0.381 e. The van der Waals surface area contributed by atoms with Gasteiger partial charge in [-0.15, -0.1) is 35.7 Å². The highest BCUT2D eigenvalue weighted by Crippen LogP contribution is 2.19. The summed E-state index contributed by atoms with van der Waals surface area (Å²) >= 11 is 7.69. The van der Waals surface area contributed by atoms with E-state index in [4.69, 9.17) is 21.1 Å². The van der Waals surface area contributed by atoms with E-state index in [0.29, 0.717) is 5.92 Å². The molecular weight excluding hydrogens is 497 g/mol. The molecule has 0 saturated carbocycles. The van der Waals surface area contributed by atoms with Crippen molar-refractivity contribution in [3.63, 3.8) is 0 Å². The molecule has 1 fully saturated rings. The Hall–Kier alpha value is -0.220. The maximum atomic E-state index is 5.89. The van der Waals surface area contributed by atoms with Gasteiger partial charge in [0, 0.05) is 62.2 Å². The molecule has 0 atom stereocenters. The van der Waals surface area contributed by atoms with E-state index in [1.165, 1.54) is 4.90 Å². The predicted octanol–water partition coefficient (Wildman–Crippen LogP) is 4.05. The zero-order chi connectivity index (χ0) is 18.5. The van der Waals surface area contributed by atoms with E-state index in [-0.39, 0.29) is 24.0 Å². The van der Waals surface area contributed by atoms with Crippen LogP contribution >= 0.6 is 47.3 Å². The second-order valence-corrected chi connectivity index (χ2v) is 7.82. The van der Waals surface area contributed by atoms with Crippen molar-refractivity contribution < 1.29 is 9.47 Å². The normalized spacial score (nSPS) is 15.3. The van der Waals surface area contributed by atoms with Gasteiger partial charge < -0.3 is 20.1 Å². The van der Waals surface area contributed by atoms with E-state index in [1.54, 1.807) is 18.8 Å². The van der Waals surface area contributed by atoms with Gasteiger partial charge >= 0.3 is 0 Å². The fourth-order valence-corrected chi connectivity index (χ4v) is 3.53. The van der Waals surface area contributed by atoms with Crippen LogP contribution in [0.5, 0.6) is 0 Å². The Morgan fingerprint density at radius 3 is 2.63 bits per heavy atom. The molecular formula is C19H31ClIN3O2S. The van der Waals surface area contributed by atoms with E-state index < -0.39 is 0 Å². The summed E-state index contributed by atoms with van der Waals surface area (Å²) in [5.41, 5.74) is 0. The maximum absolute atomic E-state index is 5.89. The van der Waals surface area contributed by atoms with E-state index >= 15 is 0 Å². The van der Waals surface area contributed by atoms with Crippen LogP contribution in [0.25, 0.3) is 0 Å². The van der Waals surface area contributed by atoms with Crippen LogP contribution in [0.1, 0.15) is 19.3 Å². The molecule has 0 bridgehead atoms. The van der Waals surface area contributed by atoms with Crippen LogP contribution < -0.4 is 10.6 Å². The van der Waals surface area contributed by atoms with Gasteiger partial charge in [-0.05, 0) is 49.4 Å². The minimum absolute atomic E-state index is 0. The Morgan fingerprint density at radius 2 is 1.93 bits per heavy atom. The zero-order valence-electron chi connectivity index (χ0n) is 15.9. The molecule has 0 aliphatic carbocycles. The van der Waals surface area contributed by atoms with Crippen molar-refractivity contribution in [2.45, 2.75) is 24.2 Å². The van der Waals surface area contributed by atoms with Gasteiger partial charge in [-0.3, -0.25) is 4.99 Å². The number of rotatable bonds is 10. The fraction of sp³-hybridized carbons (Fsp3) is 0.632. The number of guanidine groups is 1. The summed E-state index contributed by atoms with van der Waals surface area (Å²) in [6, 6.07) is 7.92. The number of nitrogens with one attached hydrogen (secondary N) is 2. The molecule has 2 rings (SSSR count). The lowest BCUT2D eigenvalue weighted by molar-refractivity contribution is 0.0203. The highest BCUT2D eigenvalue weighted by Gasteiger charge is 2.13. The predicted molar refractivity (Wildman–Crippen MR) is 126 cm³/mol. The Kier molecular flexibility index (Phi) is 14.4. The minimum Gasteiger partial charge on any atom is -0.381 e. The lowest BCUT2D eigenvalue weighted by atomic mass is 10.0. The van der Waals surface area contributed by atoms with Gasteiger partial charge in [0.2, 0.25) is 0 Å². The Morgan fingerprint density at radius 1 is 1.22 bits per heavy atom. The molecule has 2 N–H and O–H groups in total. The van der Waals surface area contributed by atoms with Crippen molar-refractivity contribution in [2.24, 2.45) is 10.9 Å². The smallest absolute Gasteiger partial charge is 0.191 e. The van der Waals surface area contributed by atoms with Gasteiger partial charge in [-0.1, -0.05) is 11.6 Å². The Bertz CT molecular complexity index is 528. The highest BCUT2D eigenvalue weighted by molar-refractivity contribution is 14.0. The summed E-state index contributed by atoms with van der Waals surface area (Å²) < 4.78 is 11.1. The number of ether oxygens (including phenoxy) is 2. The van der Waals surface area contributed by atoms with Crippen LogP contribution in [0.3, 0.4) is 0 Å². The van der Waals surface area contributed by atoms with E-state index in [0.717, 1.165) is 75.5 Å². The molecule has 8 heteroatoms. The number of hydrogen-bond donors (Lipinski definition) is 2. The lowest BCUT2D eigenvalue weighted by Crippen LogP contribution is -2.39. The average Bonchev–Trinajstić information content (AvgIpc) is 2.68. The first-order chi connectivity index (χ1) is 12.8. The second-order valence-electron chi connectivity index (χ2n) is 6.21. The van der Waals surface area contributed by atoms with Crippen LogP contribution in [0.2, 0.25) is 5.02 Å². The van der Waals surface area contributed by atoms with Crippen molar-refractivity contribution in [3.8, 4) is 0 Å². The first kappa shape index (κ1) is 24.8. The Balaban J connectivity index is 0.00000364. The first-order valence-electron chi connectivity index (χ1n) is 9.26. The molecule has 154 valence electrons. The van der Waals surface area contributed by atoms with Crippen molar-refractivity contribution in [1.82, 2.24) is 10.6 Å². The van der Waals surface area contributed by atoms with Gasteiger partial charge in [-0.25, -0.2) is 0 Å². The van der Waals surface area contributed by atoms with Gasteiger partial charge in [0.1, 0.15) is 0 Å². The summed E-state index contributed by atoms with van der Waals surface area (Å²) in [5.74, 6) is 2.48. The van der Waals surface area contributed by atoms with Crippen molar-refractivity contribution in [2.75, 3.05) is 52.3 Å². The van der Waals surface area contributed by atoms with Crippen LogP contribution in [0.4, 0.5) is 0 Å². The summed E-state index contributed by atoms with van der Waals surface area (Å²) in [7, 11) is 1.79. The first-order valence-corrected chi connectivity index (χ1v) is 10.6. The Labute approximate surface area is 189 Å². The monoisotopic (exact) mass is 527 g/mol. The molecule has 5 nitrogen and oxygen atoms in total. The molecule has 0 unspecified atom stereocenters. The third-order valence-corrected chi connectivity index (χ3v) is 5.42. The van der Waals surface area contributed by atoms with Crippen molar-refractivity contribution in [1.29, 1.82) is 0 Å². The molecule has 0 aromatic heterocycles. The van der Waals surface area contributed by atoms with E-state index in [2.05, 4.69) is 15.6 Å². The molecule has 1 aliphatic rings. The number of benzene rings is 1. The van der Waals surface area contributed by atoms with Gasteiger partial charge in [-0.2, -0.15) is 0 Å². The molecule has 0 spiro atoms. The number of aliphatic imine (C=N–C) groups is 1. The average molecular weight is 528 g/mol. The molecule has 1 aromatic carbocycles. The third kappa shape index (κ3) is 11.4. The van der Waals surface area contributed by atoms with E-state index in [1.807, 2.05) is 24.3 Å². The molecule has 1 aromatic rings. The van der Waals surface area contributed by atoms with Crippen LogP contribution in [-0.4, -0.2) is 58.3 Å². The van der Waals surface area contributed by atoms with Gasteiger partial charge in [0.25, 0.3) is 0 Å². The fourth-order valence-electron chi connectivity index (χ4n) is 2.63. The number of hydrogen-bond acceptors (Lipinski definition) is 4. The topological polar surface area (TPSA) is 54.9 Å². The minimum atomic E-state index is 0. The molecule has 1 saturated heterocycles. The summed E-state index contributed by atoms with van der Waals surface area (Å²) in [6.45, 7) is 5.12. The lowest BCUT2D eigenvalue weighted by Gasteiger charge is -2.21. The molecule has 27 heavy (non-hydrogen) atoms. The number of halogens is 2. The zero-order valence-corrected chi connectivity index (χ0v) is 19.8. The van der Waals surface area contributed by atoms with E-state index in [9.17, 15) is 0 Å². The van der Waals surface area contributed by atoms with Gasteiger partial charge in [0.15, 0.2) is 5.96 Å². The molecule has 0 amide bonds. The summed E-state index contributed by atoms with van der Waals surface area (Å²) in [4.78, 5) is 5.47. The standard InChI is InChI=1S/C19H30ClN3O2S.HI/c1-21-19(23-10-14-26-18-5-3-17(20)4-6-18)22-9-2-11-25-15-16-7-12-24-13-8-16;/h3-6,16H,2,7-15H2,1H3,(H2,21,22,23);1H. The third-order valence-electron chi connectivity index (χ3n) is 4.15. The quantitative estimate of drug-likeness (QED) is 0.158. The SMILES string of the molecule is CN=C(NCCCOCC1CCOCC1)NCCSc1ccc(Cl)cc1.I. The molecule has 1 aliphatic heterocycles. The van der Waals surface area contributed by atoms with Crippen LogP contribution in [0.15, 0.2) is 34.2 Å². The summed E-state index contributed by atoms with van der Waals surface area (Å²) in [5, 5.41) is 7.43. The second kappa shape index (κ2) is 15.7. The highest BCUT2D eigenvalue weighted by atomic mass is 127. The van der Waals surface area contributed by atoms with Crippen LogP contribution in [0, 0.1) is 5.92 Å². The van der Waals surface area contributed by atoms with Crippen molar-refractivity contribution in [3.05, 3.63) is 29.3 Å². The van der Waals surface area contributed by atoms with Gasteiger partial charge in [0.05, 0.1) is 0 Å². The maximum Gasteiger partial charge on any atom is 0.191 e. The van der Waals surface area contributed by atoms with Crippen LogP contribution in [-0.2, 0) is 9.47 Å². The number of thioether (sulfide) groups is 1. The van der Waals surface area contributed by atoms with Crippen molar-refractivity contribution >= 4 is 53.3 Å². The molecule has 0 radical (unpaired) electrons. The number of nitrogens with zero attached hydrogens (tertiary/aromatic N) is 1. The molecule has 1 heterocycles. The summed E-state index contributed by atoms with van der Waals surface area (Å²) in [6.07, 6.45) is 3.23.